The molecule has 0 saturated carbocycles. The lowest BCUT2D eigenvalue weighted by Crippen LogP contribution is -2.64. The number of nitrogens with zero attached hydrogens (tertiary/aromatic N) is 5. The van der Waals surface area contributed by atoms with Crippen LogP contribution in [0.2, 0.25) is 0 Å². The average Bonchev–Trinajstić information content (AvgIpc) is 3.14. The maximum atomic E-state index is 14.7. The standard InChI is InChI=1S/C43H59N5O5/c1-10-44(31(2)35-20-14-11-15-21-35)39(50)28-45(32(3)36-22-16-12-17-23-36)40(51)29-46(33(4)37-24-18-13-19-25-37)41(52)30-47(34(5)49)38-26-42(6,7)48(53)43(8,9)27-38/h11-25,31-33,38,53H,10,26-30H2,1-9H3/t31?,32-,33?/m0/s1. The fraction of sp³-hybridized carbons (Fsp3) is 0.488. The number of hydrogen-bond donors (Lipinski definition) is 1. The van der Waals surface area contributed by atoms with Crippen molar-refractivity contribution < 1.29 is 24.4 Å². The van der Waals surface area contributed by atoms with Gasteiger partial charge >= 0.3 is 0 Å². The molecule has 1 aliphatic rings. The Hall–Kier alpha value is -4.54. The normalized spacial score (nSPS) is 17.2. The number of carbonyl (C=O) groups is 4. The summed E-state index contributed by atoms with van der Waals surface area (Å²) < 4.78 is 0. The van der Waals surface area contributed by atoms with Gasteiger partial charge in [0.15, 0.2) is 0 Å². The molecule has 1 heterocycles. The molecule has 4 rings (SSSR count). The van der Waals surface area contributed by atoms with Crippen molar-refractivity contribution in [2.75, 3.05) is 26.2 Å². The molecule has 10 heteroatoms. The van der Waals surface area contributed by atoms with Gasteiger partial charge in [0.2, 0.25) is 23.6 Å². The van der Waals surface area contributed by atoms with Crippen LogP contribution < -0.4 is 0 Å². The molecule has 4 amide bonds. The number of carbonyl (C=O) groups excluding carboxylic acids is 4. The van der Waals surface area contributed by atoms with Crippen molar-refractivity contribution in [3.63, 3.8) is 0 Å². The van der Waals surface area contributed by atoms with Crippen LogP contribution in [-0.2, 0) is 19.2 Å². The van der Waals surface area contributed by atoms with Crippen LogP contribution in [0.25, 0.3) is 0 Å². The summed E-state index contributed by atoms with van der Waals surface area (Å²) in [5.41, 5.74) is 1.43. The highest BCUT2D eigenvalue weighted by atomic mass is 16.5. The van der Waals surface area contributed by atoms with Gasteiger partial charge in [-0.2, -0.15) is 5.06 Å². The van der Waals surface area contributed by atoms with E-state index in [1.54, 1.807) is 14.7 Å². The minimum Gasteiger partial charge on any atom is -0.335 e. The Labute approximate surface area is 316 Å². The molecule has 286 valence electrons. The number of benzene rings is 3. The van der Waals surface area contributed by atoms with Crippen molar-refractivity contribution in [2.24, 2.45) is 0 Å². The van der Waals surface area contributed by atoms with E-state index in [4.69, 9.17) is 0 Å². The number of piperidine rings is 1. The summed E-state index contributed by atoms with van der Waals surface area (Å²) in [6, 6.07) is 27.4. The zero-order valence-corrected chi connectivity index (χ0v) is 33.0. The van der Waals surface area contributed by atoms with Crippen LogP contribution in [0.5, 0.6) is 0 Å². The number of likely N-dealkylation sites (N-methyl/N-ethyl adjacent to an activating group) is 1. The number of hydrogen-bond acceptors (Lipinski definition) is 6. The number of rotatable bonds is 14. The van der Waals surface area contributed by atoms with Gasteiger partial charge in [-0.1, -0.05) is 91.0 Å². The van der Waals surface area contributed by atoms with Crippen LogP contribution in [0.3, 0.4) is 0 Å². The van der Waals surface area contributed by atoms with Gasteiger partial charge in [-0.15, -0.1) is 0 Å². The summed E-state index contributed by atoms with van der Waals surface area (Å²) in [7, 11) is 0. The van der Waals surface area contributed by atoms with Crippen molar-refractivity contribution in [2.45, 2.75) is 110 Å². The summed E-state index contributed by atoms with van der Waals surface area (Å²) in [5, 5.41) is 12.3. The molecule has 1 N–H and O–H groups in total. The van der Waals surface area contributed by atoms with E-state index in [1.807, 2.05) is 146 Å². The zero-order chi connectivity index (χ0) is 39.1. The second kappa shape index (κ2) is 17.5. The van der Waals surface area contributed by atoms with Crippen LogP contribution in [-0.4, -0.2) is 96.8 Å². The summed E-state index contributed by atoms with van der Waals surface area (Å²) in [6.07, 6.45) is 0.930. The maximum absolute atomic E-state index is 14.7. The van der Waals surface area contributed by atoms with E-state index in [2.05, 4.69) is 0 Å². The van der Waals surface area contributed by atoms with Gasteiger partial charge in [0.25, 0.3) is 0 Å². The van der Waals surface area contributed by atoms with Crippen molar-refractivity contribution in [3.05, 3.63) is 108 Å². The average molecular weight is 726 g/mol. The van der Waals surface area contributed by atoms with Gasteiger partial charge in [-0.05, 0) is 84.9 Å². The van der Waals surface area contributed by atoms with E-state index in [0.29, 0.717) is 19.4 Å². The Balaban J connectivity index is 1.68. The molecule has 53 heavy (non-hydrogen) atoms. The number of amides is 4. The molecule has 0 spiro atoms. The van der Waals surface area contributed by atoms with Gasteiger partial charge in [0.1, 0.15) is 19.6 Å². The van der Waals surface area contributed by atoms with E-state index in [1.165, 1.54) is 16.9 Å². The van der Waals surface area contributed by atoms with Crippen LogP contribution in [0.1, 0.15) is 110 Å². The zero-order valence-electron chi connectivity index (χ0n) is 33.0. The first kappa shape index (κ1) is 41.2. The Morgan fingerprint density at radius 1 is 0.623 bits per heavy atom. The van der Waals surface area contributed by atoms with E-state index in [9.17, 15) is 24.4 Å². The van der Waals surface area contributed by atoms with E-state index in [-0.39, 0.29) is 55.3 Å². The Kier molecular flexibility index (Phi) is 13.6. The van der Waals surface area contributed by atoms with Crippen LogP contribution in [0, 0.1) is 0 Å². The maximum Gasteiger partial charge on any atom is 0.243 e. The predicted octanol–water partition coefficient (Wildman–Crippen LogP) is 7.04. The molecule has 0 bridgehead atoms. The summed E-state index contributed by atoms with van der Waals surface area (Å²) in [5.74, 6) is -1.20. The Morgan fingerprint density at radius 3 is 1.28 bits per heavy atom. The Morgan fingerprint density at radius 2 is 0.943 bits per heavy atom. The fourth-order valence-corrected chi connectivity index (χ4v) is 7.93. The second-order valence-corrected chi connectivity index (χ2v) is 15.6. The lowest BCUT2D eigenvalue weighted by molar-refractivity contribution is -0.251. The molecule has 0 aromatic heterocycles. The third-order valence-corrected chi connectivity index (χ3v) is 10.9. The minimum absolute atomic E-state index is 0.175. The summed E-state index contributed by atoms with van der Waals surface area (Å²) in [6.45, 7) is 16.6. The van der Waals surface area contributed by atoms with Crippen molar-refractivity contribution in [1.29, 1.82) is 0 Å². The molecule has 3 atom stereocenters. The SMILES string of the molecule is CCN(C(=O)CN(C(=O)CN(C(=O)CN(C(C)=O)C1CC(C)(C)N(O)C(C)(C)C1)C(C)c1ccccc1)[C@@H](C)c1ccccc1)C(C)c1ccccc1. The van der Waals surface area contributed by atoms with Crippen molar-refractivity contribution in [3.8, 4) is 0 Å². The molecule has 0 radical (unpaired) electrons. The molecule has 3 aromatic rings. The molecule has 1 aliphatic heterocycles. The molecule has 2 unspecified atom stereocenters. The van der Waals surface area contributed by atoms with Crippen LogP contribution >= 0.6 is 0 Å². The highest BCUT2D eigenvalue weighted by Gasteiger charge is 2.47. The molecule has 1 saturated heterocycles. The summed E-state index contributed by atoms with van der Waals surface area (Å²) in [4.78, 5) is 63.1. The first-order valence-corrected chi connectivity index (χ1v) is 18.8. The summed E-state index contributed by atoms with van der Waals surface area (Å²) >= 11 is 0. The smallest absolute Gasteiger partial charge is 0.243 e. The molecule has 1 fully saturated rings. The minimum atomic E-state index is -0.638. The Bertz CT molecular complexity index is 1660. The van der Waals surface area contributed by atoms with Gasteiger partial charge in [0.05, 0.1) is 18.1 Å². The lowest BCUT2D eigenvalue weighted by Gasteiger charge is -2.53. The molecular formula is C43H59N5O5. The predicted molar refractivity (Wildman–Crippen MR) is 208 cm³/mol. The van der Waals surface area contributed by atoms with Crippen molar-refractivity contribution >= 4 is 23.6 Å². The van der Waals surface area contributed by atoms with Crippen LogP contribution in [0.4, 0.5) is 0 Å². The topological polar surface area (TPSA) is 105 Å². The quantitative estimate of drug-likeness (QED) is 0.191. The third-order valence-electron chi connectivity index (χ3n) is 10.9. The fourth-order valence-electron chi connectivity index (χ4n) is 7.93. The molecule has 3 aromatic carbocycles. The van der Waals surface area contributed by atoms with Crippen molar-refractivity contribution in [1.82, 2.24) is 24.7 Å². The molecular weight excluding hydrogens is 667 g/mol. The highest BCUT2D eigenvalue weighted by Crippen LogP contribution is 2.39. The van der Waals surface area contributed by atoms with E-state index < -0.39 is 23.2 Å². The van der Waals surface area contributed by atoms with Gasteiger partial charge in [0, 0.05) is 30.6 Å². The number of hydroxylamine groups is 2. The molecule has 0 aliphatic carbocycles. The lowest BCUT2D eigenvalue weighted by atomic mass is 9.78. The first-order chi connectivity index (χ1) is 25.0. The van der Waals surface area contributed by atoms with E-state index in [0.717, 1.165) is 16.7 Å². The van der Waals surface area contributed by atoms with Gasteiger partial charge in [-0.3, -0.25) is 19.2 Å². The first-order valence-electron chi connectivity index (χ1n) is 18.8. The monoisotopic (exact) mass is 725 g/mol. The third kappa shape index (κ3) is 9.91. The largest absolute Gasteiger partial charge is 0.335 e. The highest BCUT2D eigenvalue weighted by molar-refractivity contribution is 5.90. The second-order valence-electron chi connectivity index (χ2n) is 15.6. The van der Waals surface area contributed by atoms with Crippen LogP contribution in [0.15, 0.2) is 91.0 Å². The molecule has 10 nitrogen and oxygen atoms in total. The van der Waals surface area contributed by atoms with Gasteiger partial charge in [-0.25, -0.2) is 0 Å². The van der Waals surface area contributed by atoms with Gasteiger partial charge < -0.3 is 24.8 Å². The van der Waals surface area contributed by atoms with E-state index >= 15 is 0 Å².